The van der Waals surface area contributed by atoms with E-state index in [0.29, 0.717) is 0 Å². The molecule has 0 amide bonds. The van der Waals surface area contributed by atoms with Gasteiger partial charge in [-0.05, 0) is 38.1 Å². The highest BCUT2D eigenvalue weighted by molar-refractivity contribution is 5.49. The molecule has 1 N–H and O–H groups in total. The summed E-state index contributed by atoms with van der Waals surface area (Å²) < 4.78 is 11.0. The fourth-order valence-corrected chi connectivity index (χ4v) is 2.32. The number of likely N-dealkylation sites (N-methyl/N-ethyl adjacent to an activating group) is 1. The zero-order valence-corrected chi connectivity index (χ0v) is 12.4. The molecule has 1 unspecified atom stereocenters. The van der Waals surface area contributed by atoms with Crippen LogP contribution in [0.2, 0.25) is 0 Å². The zero-order chi connectivity index (χ0) is 13.8. The average Bonchev–Trinajstić information content (AvgIpc) is 2.38. The van der Waals surface area contributed by atoms with E-state index >= 15 is 0 Å². The van der Waals surface area contributed by atoms with Crippen molar-refractivity contribution >= 4 is 0 Å². The molecule has 0 aliphatic heterocycles. The number of hydrogen-bond acceptors (Lipinski definition) is 3. The standard InChI is InChI=1S/C15H25NO2/c1-7-15(3,10-16-4)12-9-13(17-5)11(2)8-14(12)18-6/h8-9,16H,7,10H2,1-6H3. The quantitative estimate of drug-likeness (QED) is 0.843. The molecule has 1 rings (SSSR count). The summed E-state index contributed by atoms with van der Waals surface area (Å²) in [6.07, 6.45) is 1.04. The molecule has 0 saturated heterocycles. The van der Waals surface area contributed by atoms with Crippen LogP contribution in [0.5, 0.6) is 11.5 Å². The second kappa shape index (κ2) is 6.10. The summed E-state index contributed by atoms with van der Waals surface area (Å²) in [4.78, 5) is 0. The molecule has 3 heteroatoms. The molecule has 0 aromatic heterocycles. The van der Waals surface area contributed by atoms with Crippen molar-refractivity contribution in [2.75, 3.05) is 27.8 Å². The molecule has 18 heavy (non-hydrogen) atoms. The molecule has 0 spiro atoms. The first-order valence-electron chi connectivity index (χ1n) is 6.40. The van der Waals surface area contributed by atoms with Gasteiger partial charge >= 0.3 is 0 Å². The van der Waals surface area contributed by atoms with E-state index in [2.05, 4.69) is 31.3 Å². The van der Waals surface area contributed by atoms with E-state index in [1.54, 1.807) is 14.2 Å². The van der Waals surface area contributed by atoms with Gasteiger partial charge < -0.3 is 14.8 Å². The Morgan fingerprint density at radius 2 is 1.78 bits per heavy atom. The third-order valence-electron chi connectivity index (χ3n) is 3.71. The fraction of sp³-hybridized carbons (Fsp3) is 0.600. The predicted octanol–water partition coefficient (Wildman–Crippen LogP) is 2.90. The lowest BCUT2D eigenvalue weighted by Gasteiger charge is -2.31. The summed E-state index contributed by atoms with van der Waals surface area (Å²) in [7, 11) is 5.41. The van der Waals surface area contributed by atoms with E-state index in [-0.39, 0.29) is 5.41 Å². The highest BCUT2D eigenvalue weighted by atomic mass is 16.5. The minimum Gasteiger partial charge on any atom is -0.496 e. The van der Waals surface area contributed by atoms with Gasteiger partial charge in [0.05, 0.1) is 14.2 Å². The Balaban J connectivity index is 3.35. The van der Waals surface area contributed by atoms with Crippen molar-refractivity contribution < 1.29 is 9.47 Å². The lowest BCUT2D eigenvalue weighted by molar-refractivity contribution is 0.365. The second-order valence-electron chi connectivity index (χ2n) is 4.97. The van der Waals surface area contributed by atoms with Gasteiger partial charge in [-0.1, -0.05) is 13.8 Å². The van der Waals surface area contributed by atoms with Crippen molar-refractivity contribution in [1.82, 2.24) is 5.32 Å². The minimum atomic E-state index is 0.0427. The lowest BCUT2D eigenvalue weighted by Crippen LogP contribution is -2.33. The Morgan fingerprint density at radius 3 is 2.22 bits per heavy atom. The summed E-state index contributed by atoms with van der Waals surface area (Å²) in [5, 5.41) is 3.26. The molecule has 0 heterocycles. The summed E-state index contributed by atoms with van der Waals surface area (Å²) in [5.41, 5.74) is 2.34. The van der Waals surface area contributed by atoms with Crippen LogP contribution in [0.4, 0.5) is 0 Å². The second-order valence-corrected chi connectivity index (χ2v) is 4.97. The molecule has 0 bridgehead atoms. The third-order valence-corrected chi connectivity index (χ3v) is 3.71. The van der Waals surface area contributed by atoms with Gasteiger partial charge in [0, 0.05) is 17.5 Å². The van der Waals surface area contributed by atoms with Crippen LogP contribution < -0.4 is 14.8 Å². The first-order chi connectivity index (χ1) is 8.52. The van der Waals surface area contributed by atoms with E-state index in [4.69, 9.17) is 9.47 Å². The predicted molar refractivity (Wildman–Crippen MR) is 75.9 cm³/mol. The molecule has 0 saturated carbocycles. The van der Waals surface area contributed by atoms with Gasteiger partial charge in [0.25, 0.3) is 0 Å². The maximum Gasteiger partial charge on any atom is 0.123 e. The van der Waals surface area contributed by atoms with Crippen molar-refractivity contribution in [3.63, 3.8) is 0 Å². The lowest BCUT2D eigenvalue weighted by atomic mass is 9.79. The average molecular weight is 251 g/mol. The van der Waals surface area contributed by atoms with Crippen LogP contribution in [-0.2, 0) is 5.41 Å². The van der Waals surface area contributed by atoms with Crippen molar-refractivity contribution in [1.29, 1.82) is 0 Å². The van der Waals surface area contributed by atoms with Crippen molar-refractivity contribution in [3.05, 3.63) is 23.3 Å². The fourth-order valence-electron chi connectivity index (χ4n) is 2.32. The van der Waals surface area contributed by atoms with Crippen LogP contribution in [-0.4, -0.2) is 27.8 Å². The Labute approximate surface area is 110 Å². The maximum absolute atomic E-state index is 5.54. The molecule has 102 valence electrons. The number of benzene rings is 1. The van der Waals surface area contributed by atoms with Gasteiger partial charge in [0.15, 0.2) is 0 Å². The van der Waals surface area contributed by atoms with Crippen molar-refractivity contribution in [2.24, 2.45) is 0 Å². The summed E-state index contributed by atoms with van der Waals surface area (Å²) in [5.74, 6) is 1.86. The van der Waals surface area contributed by atoms with E-state index in [1.807, 2.05) is 14.0 Å². The minimum absolute atomic E-state index is 0.0427. The Hall–Kier alpha value is -1.22. The van der Waals surface area contributed by atoms with E-state index in [0.717, 1.165) is 30.0 Å². The van der Waals surface area contributed by atoms with Crippen LogP contribution in [0.3, 0.4) is 0 Å². The van der Waals surface area contributed by atoms with Gasteiger partial charge in [-0.3, -0.25) is 0 Å². The van der Waals surface area contributed by atoms with Gasteiger partial charge in [0.2, 0.25) is 0 Å². The smallest absolute Gasteiger partial charge is 0.123 e. The molecular formula is C15H25NO2. The normalized spacial score (nSPS) is 14.1. The van der Waals surface area contributed by atoms with E-state index < -0.39 is 0 Å². The third kappa shape index (κ3) is 2.78. The maximum atomic E-state index is 5.54. The van der Waals surface area contributed by atoms with Gasteiger partial charge in [0.1, 0.15) is 11.5 Å². The van der Waals surface area contributed by atoms with Gasteiger partial charge in [-0.25, -0.2) is 0 Å². The summed E-state index contributed by atoms with van der Waals surface area (Å²) in [6, 6.07) is 4.16. The molecular weight excluding hydrogens is 226 g/mol. The summed E-state index contributed by atoms with van der Waals surface area (Å²) >= 11 is 0. The molecule has 3 nitrogen and oxygen atoms in total. The molecule has 1 aromatic carbocycles. The van der Waals surface area contributed by atoms with Crippen LogP contribution in [0.15, 0.2) is 12.1 Å². The van der Waals surface area contributed by atoms with E-state index in [1.165, 1.54) is 5.56 Å². The largest absolute Gasteiger partial charge is 0.496 e. The molecule has 1 aromatic rings. The van der Waals surface area contributed by atoms with Crippen LogP contribution in [0.1, 0.15) is 31.4 Å². The van der Waals surface area contributed by atoms with Crippen molar-refractivity contribution in [2.45, 2.75) is 32.6 Å². The first-order valence-corrected chi connectivity index (χ1v) is 6.40. The Kier molecular flexibility index (Phi) is 5.03. The van der Waals surface area contributed by atoms with Gasteiger partial charge in [-0.15, -0.1) is 0 Å². The number of aryl methyl sites for hydroxylation is 1. The first kappa shape index (κ1) is 14.8. The Bertz CT molecular complexity index is 404. The van der Waals surface area contributed by atoms with E-state index in [9.17, 15) is 0 Å². The highest BCUT2D eigenvalue weighted by Gasteiger charge is 2.28. The van der Waals surface area contributed by atoms with Crippen LogP contribution in [0.25, 0.3) is 0 Å². The monoisotopic (exact) mass is 251 g/mol. The van der Waals surface area contributed by atoms with Crippen LogP contribution in [0, 0.1) is 6.92 Å². The number of nitrogens with one attached hydrogen (secondary N) is 1. The molecule has 0 aliphatic carbocycles. The highest BCUT2D eigenvalue weighted by Crippen LogP contribution is 2.38. The van der Waals surface area contributed by atoms with Crippen molar-refractivity contribution in [3.8, 4) is 11.5 Å². The molecule has 1 atom stereocenters. The molecule has 0 radical (unpaired) electrons. The SMILES string of the molecule is CCC(C)(CNC)c1cc(OC)c(C)cc1OC. The Morgan fingerprint density at radius 1 is 1.17 bits per heavy atom. The topological polar surface area (TPSA) is 30.5 Å². The number of hydrogen-bond donors (Lipinski definition) is 1. The zero-order valence-electron chi connectivity index (χ0n) is 12.4. The molecule has 0 fully saturated rings. The number of rotatable bonds is 6. The van der Waals surface area contributed by atoms with Gasteiger partial charge in [-0.2, -0.15) is 0 Å². The molecule has 0 aliphatic rings. The number of ether oxygens (including phenoxy) is 2. The number of methoxy groups -OCH3 is 2. The van der Waals surface area contributed by atoms with Crippen LogP contribution >= 0.6 is 0 Å². The summed E-state index contributed by atoms with van der Waals surface area (Å²) in [6.45, 7) is 7.39.